The highest BCUT2D eigenvalue weighted by Crippen LogP contribution is 2.30. The van der Waals surface area contributed by atoms with Gasteiger partial charge < -0.3 is 14.1 Å². The molecule has 1 aromatic heterocycles. The van der Waals surface area contributed by atoms with Gasteiger partial charge in [-0.15, -0.1) is 11.8 Å². The van der Waals surface area contributed by atoms with Crippen molar-refractivity contribution in [3.8, 4) is 0 Å². The number of furan rings is 1. The number of hydrogen-bond acceptors (Lipinski definition) is 4. The van der Waals surface area contributed by atoms with E-state index in [4.69, 9.17) is 9.15 Å². The maximum Gasteiger partial charge on any atom is 0.236 e. The molecule has 1 amide bonds. The van der Waals surface area contributed by atoms with E-state index in [2.05, 4.69) is 4.90 Å². The molecule has 104 valence electrons. The molecule has 3 rings (SSSR count). The molecule has 2 fully saturated rings. The fourth-order valence-corrected chi connectivity index (χ4v) is 3.85. The van der Waals surface area contributed by atoms with E-state index >= 15 is 0 Å². The molecule has 0 spiro atoms. The third-order valence-electron chi connectivity index (χ3n) is 3.83. The Morgan fingerprint density at radius 1 is 1.32 bits per heavy atom. The number of rotatable bonds is 4. The Morgan fingerprint density at radius 3 is 2.89 bits per heavy atom. The predicted octanol–water partition coefficient (Wildman–Crippen LogP) is 2.29. The van der Waals surface area contributed by atoms with Gasteiger partial charge >= 0.3 is 0 Å². The molecule has 2 aliphatic rings. The van der Waals surface area contributed by atoms with Gasteiger partial charge in [-0.05, 0) is 31.4 Å². The van der Waals surface area contributed by atoms with Crippen LogP contribution in [0.5, 0.6) is 0 Å². The van der Waals surface area contributed by atoms with Gasteiger partial charge in [-0.2, -0.15) is 0 Å². The van der Waals surface area contributed by atoms with Crippen molar-refractivity contribution in [3.05, 3.63) is 24.2 Å². The quantitative estimate of drug-likeness (QED) is 0.849. The average molecular weight is 281 g/mol. The zero-order valence-corrected chi connectivity index (χ0v) is 11.7. The van der Waals surface area contributed by atoms with Gasteiger partial charge in [-0.3, -0.25) is 4.79 Å². The normalized spacial score (nSPS) is 25.2. The largest absolute Gasteiger partial charge is 0.468 e. The Labute approximate surface area is 117 Å². The van der Waals surface area contributed by atoms with Crippen molar-refractivity contribution in [2.24, 2.45) is 0 Å². The number of ether oxygens (including phenoxy) is 1. The predicted molar refractivity (Wildman–Crippen MR) is 74.0 cm³/mol. The van der Waals surface area contributed by atoms with Gasteiger partial charge in [-0.25, -0.2) is 0 Å². The van der Waals surface area contributed by atoms with Gasteiger partial charge in [0.15, 0.2) is 0 Å². The van der Waals surface area contributed by atoms with Gasteiger partial charge in [0.25, 0.3) is 0 Å². The van der Waals surface area contributed by atoms with E-state index in [-0.39, 0.29) is 5.25 Å². The zero-order chi connectivity index (χ0) is 13.1. The van der Waals surface area contributed by atoms with E-state index in [1.807, 2.05) is 12.1 Å². The van der Waals surface area contributed by atoms with Crippen molar-refractivity contribution in [1.29, 1.82) is 0 Å². The Hall–Kier alpha value is -0.940. The van der Waals surface area contributed by atoms with Crippen LogP contribution in [0.2, 0.25) is 0 Å². The lowest BCUT2D eigenvalue weighted by atomic mass is 10.1. The first kappa shape index (κ1) is 13.1. The fourth-order valence-electron chi connectivity index (χ4n) is 2.77. The van der Waals surface area contributed by atoms with Crippen molar-refractivity contribution in [1.82, 2.24) is 4.90 Å². The molecule has 0 aliphatic carbocycles. The zero-order valence-electron chi connectivity index (χ0n) is 10.9. The first-order valence-corrected chi connectivity index (χ1v) is 7.91. The molecule has 2 saturated heterocycles. The standard InChI is InChI=1S/C14H19NO3S/c16-14-13(19-10-12-2-1-7-18-12)3-6-15(14)11-4-8-17-9-5-11/h1-2,7,11,13H,3-6,8-10H2/t13-/m0/s1. The topological polar surface area (TPSA) is 42.7 Å². The molecule has 0 unspecified atom stereocenters. The van der Waals surface area contributed by atoms with Crippen molar-refractivity contribution in [3.63, 3.8) is 0 Å². The Kier molecular flexibility index (Phi) is 4.13. The van der Waals surface area contributed by atoms with E-state index in [9.17, 15) is 4.79 Å². The number of amides is 1. The first-order valence-electron chi connectivity index (χ1n) is 6.87. The highest BCUT2D eigenvalue weighted by atomic mass is 32.2. The van der Waals surface area contributed by atoms with Gasteiger partial charge in [0.05, 0.1) is 17.3 Å². The summed E-state index contributed by atoms with van der Waals surface area (Å²) in [5.41, 5.74) is 0. The van der Waals surface area contributed by atoms with Crippen LogP contribution in [-0.4, -0.2) is 41.9 Å². The lowest BCUT2D eigenvalue weighted by Gasteiger charge is -2.31. The highest BCUT2D eigenvalue weighted by Gasteiger charge is 2.36. The van der Waals surface area contributed by atoms with Crippen molar-refractivity contribution < 1.29 is 13.9 Å². The van der Waals surface area contributed by atoms with Gasteiger partial charge in [0.1, 0.15) is 5.76 Å². The summed E-state index contributed by atoms with van der Waals surface area (Å²) in [4.78, 5) is 14.5. The fraction of sp³-hybridized carbons (Fsp3) is 0.643. The number of carbonyl (C=O) groups is 1. The van der Waals surface area contributed by atoms with Crippen molar-refractivity contribution in [2.75, 3.05) is 19.8 Å². The van der Waals surface area contributed by atoms with Crippen LogP contribution >= 0.6 is 11.8 Å². The maximum absolute atomic E-state index is 12.4. The SMILES string of the molecule is O=C1[C@@H](SCc2ccco2)CCN1C1CCOCC1. The Bertz CT molecular complexity index is 414. The molecule has 0 N–H and O–H groups in total. The smallest absolute Gasteiger partial charge is 0.236 e. The molecule has 0 saturated carbocycles. The molecule has 0 bridgehead atoms. The molecule has 0 aromatic carbocycles. The van der Waals surface area contributed by atoms with Gasteiger partial charge in [0.2, 0.25) is 5.91 Å². The molecular formula is C14H19NO3S. The van der Waals surface area contributed by atoms with Crippen LogP contribution < -0.4 is 0 Å². The van der Waals surface area contributed by atoms with Crippen molar-refractivity contribution in [2.45, 2.75) is 36.3 Å². The summed E-state index contributed by atoms with van der Waals surface area (Å²) < 4.78 is 10.7. The monoisotopic (exact) mass is 281 g/mol. The lowest BCUT2D eigenvalue weighted by molar-refractivity contribution is -0.130. The van der Waals surface area contributed by atoms with Crippen molar-refractivity contribution >= 4 is 17.7 Å². The van der Waals surface area contributed by atoms with E-state index < -0.39 is 0 Å². The molecule has 2 aliphatic heterocycles. The van der Waals surface area contributed by atoms with Crippen LogP contribution in [0.25, 0.3) is 0 Å². The number of likely N-dealkylation sites (tertiary alicyclic amines) is 1. The second-order valence-corrected chi connectivity index (χ2v) is 6.23. The Balaban J connectivity index is 1.53. The van der Waals surface area contributed by atoms with E-state index in [1.165, 1.54) is 0 Å². The summed E-state index contributed by atoms with van der Waals surface area (Å²) in [6, 6.07) is 4.25. The molecule has 1 aromatic rings. The molecule has 19 heavy (non-hydrogen) atoms. The number of carbonyl (C=O) groups excluding carboxylic acids is 1. The van der Waals surface area contributed by atoms with Crippen LogP contribution in [0.15, 0.2) is 22.8 Å². The summed E-state index contributed by atoms with van der Waals surface area (Å²) in [6.45, 7) is 2.48. The minimum Gasteiger partial charge on any atom is -0.468 e. The number of thioether (sulfide) groups is 1. The van der Waals surface area contributed by atoms with Crippen LogP contribution in [0.1, 0.15) is 25.0 Å². The third-order valence-corrected chi connectivity index (χ3v) is 5.12. The second-order valence-electron chi connectivity index (χ2n) is 5.04. The number of nitrogens with zero attached hydrogens (tertiary/aromatic N) is 1. The molecule has 5 heteroatoms. The molecular weight excluding hydrogens is 262 g/mol. The molecule has 3 heterocycles. The second kappa shape index (κ2) is 6.01. The summed E-state index contributed by atoms with van der Waals surface area (Å²) in [7, 11) is 0. The third kappa shape index (κ3) is 2.98. The minimum atomic E-state index is 0.105. The molecule has 4 nitrogen and oxygen atoms in total. The Morgan fingerprint density at radius 2 is 2.16 bits per heavy atom. The van der Waals surface area contributed by atoms with E-state index in [0.29, 0.717) is 11.9 Å². The molecule has 0 radical (unpaired) electrons. The summed E-state index contributed by atoms with van der Waals surface area (Å²) >= 11 is 1.70. The number of hydrogen-bond donors (Lipinski definition) is 0. The summed E-state index contributed by atoms with van der Waals surface area (Å²) in [6.07, 6.45) is 4.62. The average Bonchev–Trinajstić information content (AvgIpc) is 3.07. The minimum absolute atomic E-state index is 0.105. The maximum atomic E-state index is 12.4. The van der Waals surface area contributed by atoms with Crippen LogP contribution in [0.3, 0.4) is 0 Å². The van der Waals surface area contributed by atoms with Gasteiger partial charge in [-0.1, -0.05) is 0 Å². The first-order chi connectivity index (χ1) is 9.34. The summed E-state index contributed by atoms with van der Waals surface area (Å²) in [5.74, 6) is 2.04. The van der Waals surface area contributed by atoms with Crippen LogP contribution in [-0.2, 0) is 15.3 Å². The van der Waals surface area contributed by atoms with E-state index in [0.717, 1.165) is 50.5 Å². The van der Waals surface area contributed by atoms with E-state index in [1.54, 1.807) is 18.0 Å². The van der Waals surface area contributed by atoms with Gasteiger partial charge in [0, 0.05) is 25.8 Å². The molecule has 1 atom stereocenters. The lowest BCUT2D eigenvalue weighted by Crippen LogP contribution is -2.41. The summed E-state index contributed by atoms with van der Waals surface area (Å²) in [5, 5.41) is 0.105. The van der Waals surface area contributed by atoms with Crippen LogP contribution in [0.4, 0.5) is 0 Å². The van der Waals surface area contributed by atoms with Crippen LogP contribution in [0, 0.1) is 0 Å². The highest BCUT2D eigenvalue weighted by molar-refractivity contribution is 7.99.